The van der Waals surface area contributed by atoms with Crippen molar-refractivity contribution in [3.8, 4) is 0 Å². The van der Waals surface area contributed by atoms with Crippen molar-refractivity contribution >= 4 is 21.4 Å². The average Bonchev–Trinajstić information content (AvgIpc) is 2.19. The maximum atomic E-state index is 11.4. The second-order valence-electron chi connectivity index (χ2n) is 3.71. The van der Waals surface area contributed by atoms with Crippen molar-refractivity contribution in [1.29, 1.82) is 0 Å². The minimum Gasteiger partial charge on any atom is -0.301 e. The number of hydrogen-bond acceptors (Lipinski definition) is 3. The first-order chi connectivity index (χ1) is 7.14. The number of halogens is 1. The molecule has 0 atom stereocenters. The summed E-state index contributed by atoms with van der Waals surface area (Å²) >= 11 is 5.41. The van der Waals surface area contributed by atoms with E-state index in [-0.39, 0.29) is 17.4 Å². The van der Waals surface area contributed by atoms with Gasteiger partial charge in [-0.05, 0) is 13.0 Å². The monoisotopic (exact) mass is 253 g/mol. The van der Waals surface area contributed by atoms with Gasteiger partial charge >= 0.3 is 0 Å². The van der Waals surface area contributed by atoms with Gasteiger partial charge in [0.25, 0.3) is 0 Å². The van der Waals surface area contributed by atoms with Gasteiger partial charge in [0.2, 0.25) is 0 Å². The highest BCUT2D eigenvalue weighted by Gasteiger charge is 2.13. The molecule has 1 aliphatic rings. The molecular weight excluding hydrogens is 236 g/mol. The Morgan fingerprint density at radius 1 is 1.20 bits per heavy atom. The Morgan fingerprint density at radius 2 is 1.87 bits per heavy atom. The predicted octanol–water partition coefficient (Wildman–Crippen LogP) is -0.0499. The minimum atomic E-state index is -2.91. The van der Waals surface area contributed by atoms with Crippen molar-refractivity contribution in [2.24, 2.45) is 0 Å². The van der Waals surface area contributed by atoms with Crippen LogP contribution in [0.25, 0.3) is 0 Å². The molecule has 0 N–H and O–H groups in total. The Labute approximate surface area is 96.9 Å². The number of rotatable bonds is 6. The van der Waals surface area contributed by atoms with Gasteiger partial charge in [-0.2, -0.15) is 0 Å². The van der Waals surface area contributed by atoms with E-state index in [0.29, 0.717) is 6.42 Å². The molecule has 1 rings (SSSR count). The lowest BCUT2D eigenvalue weighted by molar-refractivity contribution is 0.239. The summed E-state index contributed by atoms with van der Waals surface area (Å²) in [4.78, 5) is 2.27. The fourth-order valence-electron chi connectivity index (χ4n) is 1.60. The molecule has 0 bridgehead atoms. The molecule has 0 aromatic carbocycles. The van der Waals surface area contributed by atoms with E-state index in [1.165, 1.54) is 0 Å². The van der Waals surface area contributed by atoms with Crippen LogP contribution < -0.4 is 5.32 Å². The van der Waals surface area contributed by atoms with Crippen LogP contribution in [0.4, 0.5) is 0 Å². The molecule has 0 aromatic heterocycles. The van der Waals surface area contributed by atoms with Crippen molar-refractivity contribution in [1.82, 2.24) is 10.2 Å². The highest BCUT2D eigenvalue weighted by Crippen LogP contribution is 1.99. The molecule has 6 heteroatoms. The van der Waals surface area contributed by atoms with Crippen molar-refractivity contribution < 1.29 is 8.42 Å². The van der Waals surface area contributed by atoms with Gasteiger partial charge in [-0.3, -0.25) is 0 Å². The molecular formula is C9H18ClN2O2S. The van der Waals surface area contributed by atoms with Crippen LogP contribution in [0.2, 0.25) is 0 Å². The van der Waals surface area contributed by atoms with Crippen molar-refractivity contribution in [3.05, 3.63) is 0 Å². The van der Waals surface area contributed by atoms with Crippen LogP contribution in [0, 0.1) is 0 Å². The van der Waals surface area contributed by atoms with E-state index in [9.17, 15) is 8.42 Å². The molecule has 0 spiro atoms. The highest BCUT2D eigenvalue weighted by molar-refractivity contribution is 7.91. The van der Waals surface area contributed by atoms with E-state index in [2.05, 4.69) is 10.2 Å². The van der Waals surface area contributed by atoms with E-state index in [0.717, 1.165) is 32.7 Å². The van der Waals surface area contributed by atoms with Crippen LogP contribution >= 0.6 is 11.6 Å². The third kappa shape index (κ3) is 5.70. The molecule has 1 radical (unpaired) electrons. The Kier molecular flexibility index (Phi) is 5.89. The lowest BCUT2D eigenvalue weighted by Crippen LogP contribution is -2.41. The largest absolute Gasteiger partial charge is 0.301 e. The van der Waals surface area contributed by atoms with Gasteiger partial charge in [0.05, 0.1) is 11.5 Å². The molecule has 1 saturated heterocycles. The number of piperazine rings is 1. The SMILES string of the molecule is O=S(=O)(CCCl)CCCN1CC[N]CC1. The van der Waals surface area contributed by atoms with Crippen LogP contribution in [0.5, 0.6) is 0 Å². The van der Waals surface area contributed by atoms with Crippen LogP contribution in [0.15, 0.2) is 0 Å². The Balaban J connectivity index is 2.14. The van der Waals surface area contributed by atoms with Crippen molar-refractivity contribution in [2.75, 3.05) is 50.1 Å². The summed E-state index contributed by atoms with van der Waals surface area (Å²) < 4.78 is 22.7. The summed E-state index contributed by atoms with van der Waals surface area (Å²) in [5.74, 6) is 0.558. The number of sulfone groups is 1. The number of hydrogen-bond donors (Lipinski definition) is 0. The zero-order chi connectivity index (χ0) is 11.1. The van der Waals surface area contributed by atoms with Gasteiger partial charge in [-0.15, -0.1) is 11.6 Å². The molecule has 4 nitrogen and oxygen atoms in total. The minimum absolute atomic E-state index is 0.101. The van der Waals surface area contributed by atoms with E-state index in [1.54, 1.807) is 0 Å². The summed E-state index contributed by atoms with van der Waals surface area (Å²) in [6, 6.07) is 0. The molecule has 1 fully saturated rings. The first-order valence-electron chi connectivity index (χ1n) is 5.26. The topological polar surface area (TPSA) is 51.5 Å². The molecule has 1 aliphatic heterocycles. The van der Waals surface area contributed by atoms with Crippen LogP contribution in [0.1, 0.15) is 6.42 Å². The maximum Gasteiger partial charge on any atom is 0.151 e. The molecule has 0 aliphatic carbocycles. The second kappa shape index (κ2) is 6.68. The van der Waals surface area contributed by atoms with Crippen LogP contribution in [-0.2, 0) is 9.84 Å². The Morgan fingerprint density at radius 3 is 2.47 bits per heavy atom. The first kappa shape index (κ1) is 13.2. The molecule has 1 heterocycles. The molecule has 15 heavy (non-hydrogen) atoms. The lowest BCUT2D eigenvalue weighted by Gasteiger charge is -2.25. The van der Waals surface area contributed by atoms with Crippen molar-refractivity contribution in [2.45, 2.75) is 6.42 Å². The lowest BCUT2D eigenvalue weighted by atomic mass is 10.3. The number of alkyl halides is 1. The van der Waals surface area contributed by atoms with Gasteiger partial charge in [0, 0.05) is 32.1 Å². The van der Waals surface area contributed by atoms with E-state index in [1.807, 2.05) is 0 Å². The van der Waals surface area contributed by atoms with Gasteiger partial charge in [-0.1, -0.05) is 0 Å². The third-order valence-corrected chi connectivity index (χ3v) is 4.62. The second-order valence-corrected chi connectivity index (χ2v) is 6.39. The van der Waals surface area contributed by atoms with Crippen LogP contribution in [-0.4, -0.2) is 63.4 Å². The van der Waals surface area contributed by atoms with Crippen molar-refractivity contribution in [3.63, 3.8) is 0 Å². The van der Waals surface area contributed by atoms with E-state index >= 15 is 0 Å². The third-order valence-electron chi connectivity index (χ3n) is 2.47. The first-order valence-corrected chi connectivity index (χ1v) is 7.61. The zero-order valence-electron chi connectivity index (χ0n) is 8.86. The molecule has 0 aromatic rings. The molecule has 0 amide bonds. The Bertz CT molecular complexity index is 263. The van der Waals surface area contributed by atoms with Gasteiger partial charge in [-0.25, -0.2) is 13.7 Å². The summed E-state index contributed by atoms with van der Waals surface area (Å²) in [5, 5.41) is 4.24. The molecule has 0 unspecified atom stereocenters. The fraction of sp³-hybridized carbons (Fsp3) is 1.00. The van der Waals surface area contributed by atoms with E-state index in [4.69, 9.17) is 11.6 Å². The van der Waals surface area contributed by atoms with Gasteiger partial charge in [0.15, 0.2) is 9.84 Å². The van der Waals surface area contributed by atoms with E-state index < -0.39 is 9.84 Å². The standard InChI is InChI=1S/C9H18ClN2O2S/c10-2-9-15(13,14)8-1-5-12-6-3-11-4-7-12/h1-9H2. The quantitative estimate of drug-likeness (QED) is 0.624. The molecule has 0 saturated carbocycles. The van der Waals surface area contributed by atoms with Gasteiger partial charge < -0.3 is 4.90 Å². The average molecular weight is 254 g/mol. The highest BCUT2D eigenvalue weighted by atomic mass is 35.5. The predicted molar refractivity (Wildman–Crippen MR) is 62.3 cm³/mol. The number of nitrogens with zero attached hydrogens (tertiary/aromatic N) is 2. The van der Waals surface area contributed by atoms with Gasteiger partial charge in [0.1, 0.15) is 0 Å². The summed E-state index contributed by atoms with van der Waals surface area (Å²) in [5.41, 5.74) is 0. The summed E-state index contributed by atoms with van der Waals surface area (Å²) in [6.45, 7) is 4.56. The summed E-state index contributed by atoms with van der Waals surface area (Å²) in [6.07, 6.45) is 0.708. The fourth-order valence-corrected chi connectivity index (χ4v) is 3.31. The normalized spacial score (nSPS) is 19.3. The maximum absolute atomic E-state index is 11.4. The summed E-state index contributed by atoms with van der Waals surface area (Å²) in [7, 11) is -2.91. The molecule has 89 valence electrons. The smallest absolute Gasteiger partial charge is 0.151 e. The zero-order valence-corrected chi connectivity index (χ0v) is 10.4. The van der Waals surface area contributed by atoms with Crippen LogP contribution in [0.3, 0.4) is 0 Å². The Hall–Kier alpha value is 0.160.